The number of benzene rings is 1. The highest BCUT2D eigenvalue weighted by Gasteiger charge is 2.22. The molecular formula is C19H21BrN4O. The van der Waals surface area contributed by atoms with Crippen LogP contribution >= 0.6 is 15.9 Å². The van der Waals surface area contributed by atoms with Crippen LogP contribution in [0, 0.1) is 0 Å². The van der Waals surface area contributed by atoms with Gasteiger partial charge in [0.1, 0.15) is 5.82 Å². The zero-order valence-corrected chi connectivity index (χ0v) is 16.0. The molecule has 0 atom stereocenters. The number of fused-ring (bicyclic) bond motifs is 2. The van der Waals surface area contributed by atoms with Crippen LogP contribution in [0.5, 0.6) is 0 Å². The molecular weight excluding hydrogens is 380 g/mol. The second-order valence-corrected chi connectivity index (χ2v) is 7.91. The van der Waals surface area contributed by atoms with Crippen molar-refractivity contribution in [3.63, 3.8) is 0 Å². The number of rotatable bonds is 3. The summed E-state index contributed by atoms with van der Waals surface area (Å²) in [6.45, 7) is 6.50. The largest absolute Gasteiger partial charge is 0.361 e. The normalized spacial score (nSPS) is 15.0. The standard InChI is InChI=1S/C19H21BrN4O/c1-11(2)18-22-16-5-6-24(10-15(16)19(25)23-18)9-12-8-21-17-7-13(20)3-4-14(12)17/h3-4,7-8,11,21H,5-6,9-10H2,1-2H3,(H,22,23,25). The molecule has 1 aliphatic heterocycles. The number of hydrogen-bond donors (Lipinski definition) is 2. The van der Waals surface area contributed by atoms with Crippen LogP contribution in [-0.2, 0) is 19.5 Å². The Morgan fingerprint density at radius 2 is 2.20 bits per heavy atom. The lowest BCUT2D eigenvalue weighted by molar-refractivity contribution is 0.242. The van der Waals surface area contributed by atoms with E-state index in [9.17, 15) is 4.79 Å². The Kier molecular flexibility index (Phi) is 4.25. The molecule has 0 unspecified atom stereocenters. The molecule has 0 bridgehead atoms. The molecule has 0 saturated heterocycles. The van der Waals surface area contributed by atoms with Crippen molar-refractivity contribution in [3.8, 4) is 0 Å². The van der Waals surface area contributed by atoms with Crippen molar-refractivity contribution in [1.29, 1.82) is 0 Å². The molecule has 2 N–H and O–H groups in total. The van der Waals surface area contributed by atoms with Gasteiger partial charge in [-0.2, -0.15) is 0 Å². The van der Waals surface area contributed by atoms with E-state index in [0.29, 0.717) is 6.54 Å². The summed E-state index contributed by atoms with van der Waals surface area (Å²) in [5.74, 6) is 1.03. The average molecular weight is 401 g/mol. The van der Waals surface area contributed by atoms with Gasteiger partial charge in [-0.3, -0.25) is 9.69 Å². The Morgan fingerprint density at radius 1 is 1.36 bits per heavy atom. The molecule has 0 saturated carbocycles. The van der Waals surface area contributed by atoms with Gasteiger partial charge in [-0.1, -0.05) is 35.8 Å². The third-order valence-corrected chi connectivity index (χ3v) is 5.33. The van der Waals surface area contributed by atoms with Gasteiger partial charge in [0.15, 0.2) is 0 Å². The molecule has 4 rings (SSSR count). The minimum atomic E-state index is 0.0151. The topological polar surface area (TPSA) is 64.8 Å². The van der Waals surface area contributed by atoms with Crippen molar-refractivity contribution in [2.45, 2.75) is 39.3 Å². The summed E-state index contributed by atoms with van der Waals surface area (Å²) in [6, 6.07) is 6.28. The molecule has 0 fully saturated rings. The maximum atomic E-state index is 12.5. The van der Waals surface area contributed by atoms with Crippen LogP contribution in [0.2, 0.25) is 0 Å². The Morgan fingerprint density at radius 3 is 3.00 bits per heavy atom. The van der Waals surface area contributed by atoms with Crippen molar-refractivity contribution >= 4 is 26.8 Å². The molecule has 25 heavy (non-hydrogen) atoms. The Bertz CT molecular complexity index is 989. The van der Waals surface area contributed by atoms with E-state index in [1.807, 2.05) is 0 Å². The molecule has 0 radical (unpaired) electrons. The number of aromatic nitrogens is 3. The van der Waals surface area contributed by atoms with Crippen LogP contribution in [0.3, 0.4) is 0 Å². The monoisotopic (exact) mass is 400 g/mol. The Hall–Kier alpha value is -1.92. The summed E-state index contributed by atoms with van der Waals surface area (Å²) in [5, 5.41) is 1.23. The van der Waals surface area contributed by atoms with Gasteiger partial charge >= 0.3 is 0 Å². The summed E-state index contributed by atoms with van der Waals surface area (Å²) < 4.78 is 1.07. The van der Waals surface area contributed by atoms with Crippen LogP contribution < -0.4 is 5.56 Å². The van der Waals surface area contributed by atoms with Crippen molar-refractivity contribution in [3.05, 3.63) is 61.9 Å². The molecule has 3 aromatic rings. The van der Waals surface area contributed by atoms with Gasteiger partial charge in [-0.25, -0.2) is 4.98 Å². The Labute approximate surface area is 154 Å². The number of H-pyrrole nitrogens is 2. The fourth-order valence-corrected chi connectivity index (χ4v) is 3.80. The predicted octanol–water partition coefficient (Wildman–Crippen LogP) is 3.70. The van der Waals surface area contributed by atoms with Crippen molar-refractivity contribution < 1.29 is 0 Å². The van der Waals surface area contributed by atoms with E-state index in [1.165, 1.54) is 10.9 Å². The van der Waals surface area contributed by atoms with Crippen molar-refractivity contribution in [2.75, 3.05) is 6.54 Å². The van der Waals surface area contributed by atoms with Gasteiger partial charge < -0.3 is 9.97 Å². The molecule has 3 heterocycles. The lowest BCUT2D eigenvalue weighted by Gasteiger charge is -2.27. The first-order chi connectivity index (χ1) is 12.0. The second kappa shape index (κ2) is 6.42. The van der Waals surface area contributed by atoms with Gasteiger partial charge in [0.05, 0.1) is 11.3 Å². The maximum absolute atomic E-state index is 12.5. The zero-order valence-electron chi connectivity index (χ0n) is 14.4. The molecule has 130 valence electrons. The maximum Gasteiger partial charge on any atom is 0.255 e. The third-order valence-electron chi connectivity index (χ3n) is 4.84. The van der Waals surface area contributed by atoms with Gasteiger partial charge in [0, 0.05) is 53.5 Å². The lowest BCUT2D eigenvalue weighted by Crippen LogP contribution is -2.35. The smallest absolute Gasteiger partial charge is 0.255 e. The molecule has 1 aromatic carbocycles. The minimum absolute atomic E-state index is 0.0151. The predicted molar refractivity (Wildman–Crippen MR) is 103 cm³/mol. The highest BCUT2D eigenvalue weighted by atomic mass is 79.9. The van der Waals surface area contributed by atoms with Crippen molar-refractivity contribution in [2.24, 2.45) is 0 Å². The van der Waals surface area contributed by atoms with E-state index < -0.39 is 0 Å². The lowest BCUT2D eigenvalue weighted by atomic mass is 10.0. The third kappa shape index (κ3) is 3.16. The van der Waals surface area contributed by atoms with E-state index in [4.69, 9.17) is 0 Å². The summed E-state index contributed by atoms with van der Waals surface area (Å²) in [6.07, 6.45) is 2.89. The first-order valence-electron chi connectivity index (χ1n) is 8.61. The minimum Gasteiger partial charge on any atom is -0.361 e. The van der Waals surface area contributed by atoms with Crippen LogP contribution in [0.15, 0.2) is 33.7 Å². The van der Waals surface area contributed by atoms with E-state index in [-0.39, 0.29) is 11.5 Å². The van der Waals surface area contributed by atoms with Crippen LogP contribution in [0.4, 0.5) is 0 Å². The van der Waals surface area contributed by atoms with E-state index in [1.54, 1.807) is 0 Å². The van der Waals surface area contributed by atoms with E-state index in [0.717, 1.165) is 46.6 Å². The summed E-state index contributed by atoms with van der Waals surface area (Å²) >= 11 is 3.51. The molecule has 0 amide bonds. The van der Waals surface area contributed by atoms with Crippen LogP contribution in [-0.4, -0.2) is 26.4 Å². The first-order valence-corrected chi connectivity index (χ1v) is 9.40. The highest BCUT2D eigenvalue weighted by Crippen LogP contribution is 2.25. The molecule has 6 heteroatoms. The van der Waals surface area contributed by atoms with Crippen LogP contribution in [0.1, 0.15) is 42.4 Å². The average Bonchev–Trinajstić information content (AvgIpc) is 2.97. The molecule has 5 nitrogen and oxygen atoms in total. The Balaban J connectivity index is 1.59. The number of halogens is 1. The van der Waals surface area contributed by atoms with Gasteiger partial charge in [0.25, 0.3) is 5.56 Å². The van der Waals surface area contributed by atoms with Crippen molar-refractivity contribution in [1.82, 2.24) is 19.9 Å². The number of nitrogens with one attached hydrogen (secondary N) is 2. The quantitative estimate of drug-likeness (QED) is 0.704. The number of nitrogens with zero attached hydrogens (tertiary/aromatic N) is 2. The zero-order chi connectivity index (χ0) is 17.6. The number of hydrogen-bond acceptors (Lipinski definition) is 3. The van der Waals surface area contributed by atoms with Crippen LogP contribution in [0.25, 0.3) is 10.9 Å². The summed E-state index contributed by atoms with van der Waals surface area (Å²) in [4.78, 5) is 25.7. The summed E-state index contributed by atoms with van der Waals surface area (Å²) in [5.41, 5.74) is 4.18. The highest BCUT2D eigenvalue weighted by molar-refractivity contribution is 9.10. The molecule has 0 aliphatic carbocycles. The second-order valence-electron chi connectivity index (χ2n) is 7.00. The fourth-order valence-electron chi connectivity index (χ4n) is 3.44. The molecule has 2 aromatic heterocycles. The SMILES string of the molecule is CC(C)c1nc2c(c(=O)[nH]1)CN(Cc1c[nH]c3cc(Br)ccc13)CC2. The van der Waals surface area contributed by atoms with Gasteiger partial charge in [0.2, 0.25) is 0 Å². The fraction of sp³-hybridized carbons (Fsp3) is 0.368. The van der Waals surface area contributed by atoms with Gasteiger partial charge in [-0.05, 0) is 17.7 Å². The molecule has 0 spiro atoms. The van der Waals surface area contributed by atoms with Gasteiger partial charge in [-0.15, -0.1) is 0 Å². The number of aromatic amines is 2. The first kappa shape index (κ1) is 16.5. The van der Waals surface area contributed by atoms with E-state index >= 15 is 0 Å². The van der Waals surface area contributed by atoms with E-state index in [2.05, 4.69) is 74.0 Å². The molecule has 1 aliphatic rings. The summed E-state index contributed by atoms with van der Waals surface area (Å²) in [7, 11) is 0.